The fourth-order valence-corrected chi connectivity index (χ4v) is 9.20. The number of methoxy groups -OCH3 is 2. The van der Waals surface area contributed by atoms with Crippen molar-refractivity contribution >= 4 is 45.8 Å². The molecule has 60 heavy (non-hydrogen) atoms. The van der Waals surface area contributed by atoms with Crippen LogP contribution < -0.4 is 15.4 Å². The maximum absolute atomic E-state index is 14.0. The third-order valence-corrected chi connectivity index (χ3v) is 12.4. The molecule has 15 nitrogen and oxygen atoms in total. The molecule has 2 aromatic heterocycles. The highest BCUT2D eigenvalue weighted by Gasteiger charge is 2.42. The van der Waals surface area contributed by atoms with E-state index in [1.807, 2.05) is 56.7 Å². The second-order valence-corrected chi connectivity index (χ2v) is 17.2. The average Bonchev–Trinajstić information content (AvgIpc) is 4.05. The van der Waals surface area contributed by atoms with Crippen LogP contribution in [0.3, 0.4) is 0 Å². The van der Waals surface area contributed by atoms with Gasteiger partial charge < -0.3 is 44.6 Å². The highest BCUT2D eigenvalue weighted by molar-refractivity contribution is 6.07. The number of aromatic amines is 2. The van der Waals surface area contributed by atoms with Crippen LogP contribution in [0.2, 0.25) is 0 Å². The van der Waals surface area contributed by atoms with Crippen molar-refractivity contribution in [3.63, 3.8) is 0 Å². The fraction of sp³-hybridized carbons (Fsp3) is 0.467. The van der Waals surface area contributed by atoms with Gasteiger partial charge in [-0.05, 0) is 90.3 Å². The summed E-state index contributed by atoms with van der Waals surface area (Å²) in [6.07, 6.45) is 2.87. The number of ether oxygens (including phenoxy) is 3. The van der Waals surface area contributed by atoms with Gasteiger partial charge in [0.05, 0.1) is 49.2 Å². The number of hydrogen-bond donors (Lipinski definition) is 4. The van der Waals surface area contributed by atoms with E-state index in [1.165, 1.54) is 14.2 Å². The van der Waals surface area contributed by atoms with Crippen molar-refractivity contribution in [3.8, 4) is 28.1 Å². The van der Waals surface area contributed by atoms with Crippen molar-refractivity contribution in [3.05, 3.63) is 65.9 Å². The molecule has 0 aliphatic carbocycles. The topological polar surface area (TPSA) is 184 Å². The number of likely N-dealkylation sites (tertiary alicyclic amines) is 2. The minimum atomic E-state index is -0.726. The first-order chi connectivity index (χ1) is 28.8. The number of carbonyl (C=O) groups excluding carboxylic acids is 4. The molecule has 2 fully saturated rings. The predicted molar refractivity (Wildman–Crippen MR) is 226 cm³/mol. The number of rotatable bonds is 9. The zero-order valence-corrected chi connectivity index (χ0v) is 35.4. The van der Waals surface area contributed by atoms with Gasteiger partial charge in [0, 0.05) is 23.5 Å². The van der Waals surface area contributed by atoms with Crippen LogP contribution in [0.1, 0.15) is 90.1 Å². The van der Waals surface area contributed by atoms with Crippen LogP contribution in [0, 0.1) is 17.8 Å². The number of nitrogens with one attached hydrogen (secondary N) is 4. The third kappa shape index (κ3) is 7.38. The Morgan fingerprint density at radius 2 is 1.55 bits per heavy atom. The van der Waals surface area contributed by atoms with Crippen LogP contribution in [0.4, 0.5) is 9.59 Å². The first kappa shape index (κ1) is 40.7. The Bertz CT molecular complexity index is 2470. The van der Waals surface area contributed by atoms with Crippen molar-refractivity contribution in [1.82, 2.24) is 40.4 Å². The Morgan fingerprint density at radius 1 is 0.833 bits per heavy atom. The zero-order valence-electron chi connectivity index (χ0n) is 35.4. The maximum atomic E-state index is 14.0. The number of alkyl carbamates (subject to hydrolysis) is 2. The number of fused-ring (bicyclic) bond motifs is 6. The van der Waals surface area contributed by atoms with Gasteiger partial charge in [0.25, 0.3) is 0 Å². The summed E-state index contributed by atoms with van der Waals surface area (Å²) in [5, 5.41) is 7.45. The number of nitrogens with zero attached hydrogens (tertiary/aromatic N) is 4. The first-order valence-electron chi connectivity index (χ1n) is 20.9. The van der Waals surface area contributed by atoms with Crippen molar-refractivity contribution in [2.75, 3.05) is 20.8 Å². The summed E-state index contributed by atoms with van der Waals surface area (Å²) in [6.45, 7) is 12.7. The molecule has 5 heterocycles. The van der Waals surface area contributed by atoms with Crippen LogP contribution in [0.5, 0.6) is 5.75 Å². The van der Waals surface area contributed by atoms with Gasteiger partial charge in [0.15, 0.2) is 0 Å². The van der Waals surface area contributed by atoms with Crippen LogP contribution in [-0.2, 0) is 25.7 Å². The Hall–Kier alpha value is -6.12. The summed E-state index contributed by atoms with van der Waals surface area (Å²) in [4.78, 5) is 72.5. The molecule has 6 atom stereocenters. The van der Waals surface area contributed by atoms with E-state index in [1.54, 1.807) is 0 Å². The standard InChI is InChI=1S/C45H54N8O7/c1-22(2)37(50-44(56)58-7)42(54)52-20-24(5)15-35(52)40-46-19-33(48-40)27-10-12-29-28(16-27)21-60-36-18-30-26(17-31(29)36)11-13-32-39(30)49-41(47-32)34-14-9-25(6)53(34)43(55)38(23(3)4)51-45(57)59-8/h10-13,16-19,22-25,34-35,37-38H,9,14-15,20-21H2,1-8H3,(H,46,48)(H,47,49)(H,50,56)(H,51,57)/t24-,25-,34-,35?,37-,38-/m0/s1. The summed E-state index contributed by atoms with van der Waals surface area (Å²) in [5.74, 6) is 1.90. The van der Waals surface area contributed by atoms with Crippen molar-refractivity contribution < 1.29 is 33.4 Å². The molecule has 5 aromatic rings. The Kier molecular flexibility index (Phi) is 10.9. The molecular weight excluding hydrogens is 765 g/mol. The van der Waals surface area contributed by atoms with Crippen LogP contribution in [-0.4, -0.2) is 92.6 Å². The molecule has 8 rings (SSSR count). The van der Waals surface area contributed by atoms with E-state index in [2.05, 4.69) is 63.9 Å². The summed E-state index contributed by atoms with van der Waals surface area (Å²) in [5.41, 5.74) is 6.59. The Balaban J connectivity index is 1.05. The SMILES string of the molecule is COC(=O)N[C@H](C(=O)N1C[C@@H](C)CC1c1ncc(-c2ccc3c(c2)COc2cc4c(ccc5nc([C@@H]6CC[C@H](C)N6C(=O)[C@@H](NC(=O)OC)C(C)C)[nH]c54)cc2-3)[nH]1)C(C)C. The summed E-state index contributed by atoms with van der Waals surface area (Å²) in [7, 11) is 2.59. The van der Waals surface area contributed by atoms with E-state index >= 15 is 0 Å². The monoisotopic (exact) mass is 818 g/mol. The normalized spacial score (nSPS) is 20.8. The van der Waals surface area contributed by atoms with E-state index < -0.39 is 24.3 Å². The number of imidazole rings is 2. The van der Waals surface area contributed by atoms with Gasteiger partial charge in [-0.15, -0.1) is 0 Å². The van der Waals surface area contributed by atoms with Crippen LogP contribution >= 0.6 is 0 Å². The minimum Gasteiger partial charge on any atom is -0.488 e. The molecular formula is C45H54N8O7. The smallest absolute Gasteiger partial charge is 0.407 e. The maximum Gasteiger partial charge on any atom is 0.407 e. The third-order valence-electron chi connectivity index (χ3n) is 12.4. The quantitative estimate of drug-likeness (QED) is 0.118. The molecule has 1 unspecified atom stereocenters. The highest BCUT2D eigenvalue weighted by atomic mass is 16.5. The predicted octanol–water partition coefficient (Wildman–Crippen LogP) is 7.39. The van der Waals surface area contributed by atoms with E-state index in [0.29, 0.717) is 24.8 Å². The largest absolute Gasteiger partial charge is 0.488 e. The van der Waals surface area contributed by atoms with Crippen molar-refractivity contribution in [1.29, 1.82) is 0 Å². The van der Waals surface area contributed by atoms with Gasteiger partial charge in [-0.1, -0.05) is 52.8 Å². The first-order valence-corrected chi connectivity index (χ1v) is 20.9. The number of aromatic nitrogens is 4. The molecule has 2 saturated heterocycles. The molecule has 4 N–H and O–H groups in total. The van der Waals surface area contributed by atoms with Gasteiger partial charge >= 0.3 is 12.2 Å². The second kappa shape index (κ2) is 16.1. The van der Waals surface area contributed by atoms with Gasteiger partial charge in [0.1, 0.15) is 36.1 Å². The van der Waals surface area contributed by atoms with Crippen molar-refractivity contribution in [2.45, 2.75) is 97.6 Å². The molecule has 3 aliphatic rings. The average molecular weight is 819 g/mol. The molecule has 3 aliphatic heterocycles. The highest BCUT2D eigenvalue weighted by Crippen LogP contribution is 2.44. The molecule has 4 amide bonds. The summed E-state index contributed by atoms with van der Waals surface area (Å²) < 4.78 is 16.1. The molecule has 15 heteroatoms. The molecule has 3 aromatic carbocycles. The van der Waals surface area contributed by atoms with Gasteiger partial charge in [-0.2, -0.15) is 0 Å². The molecule has 0 saturated carbocycles. The minimum absolute atomic E-state index is 0.0255. The zero-order chi connectivity index (χ0) is 42.6. The summed E-state index contributed by atoms with van der Waals surface area (Å²) >= 11 is 0. The van der Waals surface area contributed by atoms with E-state index in [0.717, 1.165) is 74.8 Å². The second-order valence-electron chi connectivity index (χ2n) is 17.2. The summed E-state index contributed by atoms with van der Waals surface area (Å²) in [6, 6.07) is 12.6. The lowest BCUT2D eigenvalue weighted by Gasteiger charge is -2.32. The van der Waals surface area contributed by atoms with Gasteiger partial charge in [-0.3, -0.25) is 9.59 Å². The lowest BCUT2D eigenvalue weighted by atomic mass is 9.92. The van der Waals surface area contributed by atoms with Gasteiger partial charge in [0.2, 0.25) is 11.8 Å². The molecule has 0 radical (unpaired) electrons. The number of hydrogen-bond acceptors (Lipinski definition) is 9. The lowest BCUT2D eigenvalue weighted by molar-refractivity contribution is -0.137. The van der Waals surface area contributed by atoms with E-state index in [-0.39, 0.29) is 47.7 Å². The molecule has 316 valence electrons. The molecule has 0 spiro atoms. The van der Waals surface area contributed by atoms with Crippen LogP contribution in [0.15, 0.2) is 48.7 Å². The number of carbonyl (C=O) groups is 4. The van der Waals surface area contributed by atoms with Crippen molar-refractivity contribution in [2.24, 2.45) is 17.8 Å². The van der Waals surface area contributed by atoms with E-state index in [4.69, 9.17) is 24.2 Å². The number of amides is 4. The number of benzene rings is 3. The van der Waals surface area contributed by atoms with Crippen LogP contribution in [0.25, 0.3) is 44.2 Å². The molecule has 0 bridgehead atoms. The lowest BCUT2D eigenvalue weighted by Crippen LogP contribution is -2.52. The Labute approximate surface area is 348 Å². The van der Waals surface area contributed by atoms with E-state index in [9.17, 15) is 19.2 Å². The van der Waals surface area contributed by atoms with Gasteiger partial charge in [-0.25, -0.2) is 19.6 Å². The fourth-order valence-electron chi connectivity index (χ4n) is 9.20. The number of H-pyrrole nitrogens is 2. The Morgan fingerprint density at radius 3 is 2.25 bits per heavy atom.